The van der Waals surface area contributed by atoms with Crippen LogP contribution in [0.25, 0.3) is 5.69 Å². The van der Waals surface area contributed by atoms with Gasteiger partial charge in [0.1, 0.15) is 19.8 Å². The Morgan fingerprint density at radius 1 is 1.09 bits per heavy atom. The van der Waals surface area contributed by atoms with Crippen molar-refractivity contribution >= 4 is 0 Å². The number of fused-ring (bicyclic) bond motifs is 1. The summed E-state index contributed by atoms with van der Waals surface area (Å²) in [6.07, 6.45) is 0. The van der Waals surface area contributed by atoms with Crippen molar-refractivity contribution in [1.82, 2.24) is 35.7 Å². The van der Waals surface area contributed by atoms with Crippen LogP contribution >= 0.6 is 0 Å². The Bertz CT molecular complexity index is 1320. The van der Waals surface area contributed by atoms with Crippen molar-refractivity contribution < 1.29 is 18.7 Å². The number of rotatable bonds is 8. The third-order valence-electron chi connectivity index (χ3n) is 5.81. The molecule has 5 rings (SSSR count). The first-order valence-electron chi connectivity index (χ1n) is 11.4. The smallest absolute Gasteiger partial charge is 0.243 e. The highest BCUT2D eigenvalue weighted by Crippen LogP contribution is 2.34. The molecule has 0 radical (unpaired) electrons. The molecule has 0 spiro atoms. The molecule has 2 aromatic carbocycles. The lowest BCUT2D eigenvalue weighted by Crippen LogP contribution is -2.29. The van der Waals surface area contributed by atoms with Crippen LogP contribution in [0.3, 0.4) is 0 Å². The van der Waals surface area contributed by atoms with Gasteiger partial charge in [-0.15, -0.1) is 5.10 Å². The molecule has 0 amide bonds. The Kier molecular flexibility index (Phi) is 6.43. The summed E-state index contributed by atoms with van der Waals surface area (Å²) in [5, 5.41) is 20.3. The molecule has 2 unspecified atom stereocenters. The fourth-order valence-corrected chi connectivity index (χ4v) is 4.05. The molecule has 3 heterocycles. The molecule has 1 aliphatic heterocycles. The van der Waals surface area contributed by atoms with Gasteiger partial charge in [0.15, 0.2) is 23.1 Å². The van der Waals surface area contributed by atoms with Gasteiger partial charge in [0.25, 0.3) is 0 Å². The molecule has 11 heteroatoms. The van der Waals surface area contributed by atoms with E-state index >= 15 is 0 Å². The summed E-state index contributed by atoms with van der Waals surface area (Å²) in [7, 11) is 1.59. The van der Waals surface area contributed by atoms with Crippen molar-refractivity contribution in [2.45, 2.75) is 39.5 Å². The minimum Gasteiger partial charge on any atom is -0.486 e. The van der Waals surface area contributed by atoms with Gasteiger partial charge < -0.3 is 18.7 Å². The zero-order valence-electron chi connectivity index (χ0n) is 20.1. The molecule has 2 atom stereocenters. The van der Waals surface area contributed by atoms with E-state index in [2.05, 4.69) is 63.0 Å². The molecular formula is C24H27N7O4. The molecule has 35 heavy (non-hydrogen) atoms. The van der Waals surface area contributed by atoms with Crippen molar-refractivity contribution in [3.8, 4) is 17.2 Å². The van der Waals surface area contributed by atoms with Crippen LogP contribution in [0.5, 0.6) is 11.5 Å². The van der Waals surface area contributed by atoms with Crippen LogP contribution in [0.15, 0.2) is 40.9 Å². The average molecular weight is 478 g/mol. The number of methoxy groups -OCH3 is 1. The van der Waals surface area contributed by atoms with Crippen LogP contribution in [0.1, 0.15) is 53.2 Å². The van der Waals surface area contributed by atoms with Crippen molar-refractivity contribution in [2.75, 3.05) is 20.3 Å². The number of aryl methyl sites for hydroxylation is 2. The Morgan fingerprint density at radius 3 is 2.74 bits per heavy atom. The van der Waals surface area contributed by atoms with E-state index in [0.29, 0.717) is 42.3 Å². The number of hydrogen-bond acceptors (Lipinski definition) is 10. The lowest BCUT2D eigenvalue weighted by molar-refractivity contribution is 0.171. The second-order valence-electron chi connectivity index (χ2n) is 8.44. The van der Waals surface area contributed by atoms with E-state index in [9.17, 15) is 0 Å². The van der Waals surface area contributed by atoms with Gasteiger partial charge in [-0.3, -0.25) is 5.32 Å². The number of hydrogen-bond donors (Lipinski definition) is 1. The van der Waals surface area contributed by atoms with Crippen molar-refractivity contribution in [1.29, 1.82) is 0 Å². The van der Waals surface area contributed by atoms with E-state index in [1.54, 1.807) is 11.8 Å². The van der Waals surface area contributed by atoms with Crippen LogP contribution in [0.2, 0.25) is 0 Å². The number of aromatic nitrogens is 6. The number of nitrogens with zero attached hydrogens (tertiary/aromatic N) is 6. The summed E-state index contributed by atoms with van der Waals surface area (Å²) in [5.74, 6) is 2.91. The van der Waals surface area contributed by atoms with Crippen LogP contribution in [0.4, 0.5) is 0 Å². The van der Waals surface area contributed by atoms with E-state index in [1.807, 2.05) is 25.1 Å². The standard InChI is InChI=1S/C24H27N7O4/c1-14-5-6-15(2)18(11-14)22(25-16(3)24-26-21(13-32-4)28-35-24)23-27-29-30-31(23)17-7-8-19-20(12-17)34-10-9-33-19/h5-8,11-12,16,22,25H,9-10,13H2,1-4H3. The lowest BCUT2D eigenvalue weighted by atomic mass is 9.97. The molecule has 1 N–H and O–H groups in total. The van der Waals surface area contributed by atoms with Gasteiger partial charge in [-0.25, -0.2) is 0 Å². The maximum absolute atomic E-state index is 5.77. The Labute approximate surface area is 202 Å². The summed E-state index contributed by atoms with van der Waals surface area (Å²) in [6, 6.07) is 11.3. The lowest BCUT2D eigenvalue weighted by Gasteiger charge is -2.24. The fraction of sp³-hybridized carbons (Fsp3) is 0.375. The zero-order chi connectivity index (χ0) is 24.4. The van der Waals surface area contributed by atoms with Gasteiger partial charge in [0.05, 0.1) is 17.8 Å². The maximum Gasteiger partial charge on any atom is 0.243 e. The SMILES string of the molecule is COCc1noc(C(C)NC(c2cc(C)ccc2C)c2nnnn2-c2ccc3c(c2)OCCO3)n1. The molecule has 11 nitrogen and oxygen atoms in total. The first-order chi connectivity index (χ1) is 17.0. The van der Waals surface area contributed by atoms with Crippen LogP contribution in [-0.2, 0) is 11.3 Å². The zero-order valence-corrected chi connectivity index (χ0v) is 20.1. The second-order valence-corrected chi connectivity index (χ2v) is 8.44. The van der Waals surface area contributed by atoms with Crippen LogP contribution < -0.4 is 14.8 Å². The largest absolute Gasteiger partial charge is 0.486 e. The quantitative estimate of drug-likeness (QED) is 0.405. The van der Waals surface area contributed by atoms with Crippen molar-refractivity contribution in [3.63, 3.8) is 0 Å². The summed E-state index contributed by atoms with van der Waals surface area (Å²) in [6.45, 7) is 7.39. The molecule has 1 aliphatic rings. The summed E-state index contributed by atoms with van der Waals surface area (Å²) in [5.41, 5.74) is 4.03. The predicted molar refractivity (Wildman–Crippen MR) is 124 cm³/mol. The first-order valence-corrected chi connectivity index (χ1v) is 11.4. The predicted octanol–water partition coefficient (Wildman–Crippen LogP) is 3.02. The van der Waals surface area contributed by atoms with Gasteiger partial charge in [0, 0.05) is 13.2 Å². The Balaban J connectivity index is 1.54. The molecule has 182 valence electrons. The fourth-order valence-electron chi connectivity index (χ4n) is 4.05. The number of ether oxygens (including phenoxy) is 3. The molecule has 0 fully saturated rings. The van der Waals surface area contributed by atoms with E-state index in [4.69, 9.17) is 18.7 Å². The Morgan fingerprint density at radius 2 is 1.91 bits per heavy atom. The van der Waals surface area contributed by atoms with Crippen molar-refractivity contribution in [3.05, 3.63) is 70.6 Å². The summed E-state index contributed by atoms with van der Waals surface area (Å²) < 4.78 is 23.7. The van der Waals surface area contributed by atoms with Crippen molar-refractivity contribution in [2.24, 2.45) is 0 Å². The maximum atomic E-state index is 5.77. The minimum atomic E-state index is -0.370. The first kappa shape index (κ1) is 22.9. The van der Waals surface area contributed by atoms with E-state index in [1.165, 1.54) is 0 Å². The number of benzene rings is 2. The highest BCUT2D eigenvalue weighted by atomic mass is 16.6. The molecule has 2 aromatic heterocycles. The van der Waals surface area contributed by atoms with Crippen LogP contribution in [-0.4, -0.2) is 50.7 Å². The van der Waals surface area contributed by atoms with Gasteiger partial charge in [0.2, 0.25) is 5.89 Å². The molecule has 4 aromatic rings. The monoisotopic (exact) mass is 477 g/mol. The van der Waals surface area contributed by atoms with Gasteiger partial charge in [-0.05, 0) is 54.5 Å². The minimum absolute atomic E-state index is 0.277. The molecule has 0 bridgehead atoms. The Hall–Kier alpha value is -3.83. The van der Waals surface area contributed by atoms with Gasteiger partial charge >= 0.3 is 0 Å². The third kappa shape index (κ3) is 4.73. The summed E-state index contributed by atoms with van der Waals surface area (Å²) >= 11 is 0. The number of nitrogens with one attached hydrogen (secondary N) is 1. The molecular weight excluding hydrogens is 450 g/mol. The summed E-state index contributed by atoms with van der Waals surface area (Å²) in [4.78, 5) is 4.44. The van der Waals surface area contributed by atoms with E-state index < -0.39 is 0 Å². The van der Waals surface area contributed by atoms with E-state index in [0.717, 1.165) is 22.4 Å². The molecule has 0 saturated carbocycles. The second kappa shape index (κ2) is 9.80. The van der Waals surface area contributed by atoms with Gasteiger partial charge in [-0.2, -0.15) is 9.67 Å². The van der Waals surface area contributed by atoms with E-state index in [-0.39, 0.29) is 18.7 Å². The topological polar surface area (TPSA) is 122 Å². The highest BCUT2D eigenvalue weighted by Gasteiger charge is 2.28. The van der Waals surface area contributed by atoms with Gasteiger partial charge in [-0.1, -0.05) is 28.9 Å². The average Bonchev–Trinajstić information content (AvgIpc) is 3.54. The number of tetrazole rings is 1. The molecule has 0 aliphatic carbocycles. The molecule has 0 saturated heterocycles. The normalized spacial score (nSPS) is 14.6. The van der Waals surface area contributed by atoms with Crippen LogP contribution in [0, 0.1) is 13.8 Å². The third-order valence-corrected chi connectivity index (χ3v) is 5.81. The highest BCUT2D eigenvalue weighted by molar-refractivity contribution is 5.50.